The summed E-state index contributed by atoms with van der Waals surface area (Å²) in [5, 5.41) is 12.1. The summed E-state index contributed by atoms with van der Waals surface area (Å²) in [4.78, 5) is 19.7. The molecule has 0 radical (unpaired) electrons. The molecule has 0 aromatic heterocycles. The van der Waals surface area contributed by atoms with Crippen molar-refractivity contribution in [2.75, 3.05) is 72.7 Å². The molecule has 3 aliphatic heterocycles. The fraction of sp³-hybridized carbons (Fsp3) is 0.654. The maximum absolute atomic E-state index is 13.6. The molecule has 3 aliphatic rings. The van der Waals surface area contributed by atoms with Crippen molar-refractivity contribution in [3.63, 3.8) is 0 Å². The highest BCUT2D eigenvalue weighted by Gasteiger charge is 2.40. The summed E-state index contributed by atoms with van der Waals surface area (Å²) in [6.07, 6.45) is 2.67. The van der Waals surface area contributed by atoms with Crippen LogP contribution in [-0.2, 0) is 14.8 Å². The molecule has 11 heteroatoms. The minimum Gasteiger partial charge on any atom is -0.494 e. The normalized spacial score (nSPS) is 21.9. The number of piperazine rings is 1. The second-order valence-corrected chi connectivity index (χ2v) is 11.9. The van der Waals surface area contributed by atoms with E-state index < -0.39 is 16.1 Å². The van der Waals surface area contributed by atoms with Gasteiger partial charge in [0, 0.05) is 51.9 Å². The molecule has 4 rings (SSSR count). The first-order valence-electron chi connectivity index (χ1n) is 13.4. The lowest BCUT2D eigenvalue weighted by molar-refractivity contribution is -0.118. The van der Waals surface area contributed by atoms with Crippen LogP contribution in [0.3, 0.4) is 0 Å². The van der Waals surface area contributed by atoms with E-state index in [1.165, 1.54) is 0 Å². The van der Waals surface area contributed by atoms with Crippen LogP contribution >= 0.6 is 0 Å². The third kappa shape index (κ3) is 5.96. The second kappa shape index (κ2) is 12.1. The fourth-order valence-electron chi connectivity index (χ4n) is 5.54. The molecule has 1 atom stereocenters. The van der Waals surface area contributed by atoms with Crippen molar-refractivity contribution in [3.8, 4) is 5.75 Å². The summed E-state index contributed by atoms with van der Waals surface area (Å²) < 4.78 is 34.7. The van der Waals surface area contributed by atoms with Gasteiger partial charge < -0.3 is 25.0 Å². The molecular weight excluding hydrogens is 494 g/mol. The van der Waals surface area contributed by atoms with Gasteiger partial charge in [-0.3, -0.25) is 9.69 Å². The number of ether oxygens (including phenoxy) is 1. The van der Waals surface area contributed by atoms with Gasteiger partial charge in [-0.25, -0.2) is 8.42 Å². The molecule has 0 saturated carbocycles. The summed E-state index contributed by atoms with van der Waals surface area (Å²) in [7, 11) is -1.78. The van der Waals surface area contributed by atoms with Crippen LogP contribution in [0, 0.1) is 0 Å². The van der Waals surface area contributed by atoms with Gasteiger partial charge in [0.05, 0.1) is 24.2 Å². The number of amides is 1. The van der Waals surface area contributed by atoms with Crippen molar-refractivity contribution in [1.29, 1.82) is 0 Å². The maximum atomic E-state index is 13.6. The summed E-state index contributed by atoms with van der Waals surface area (Å²) in [5.41, 5.74) is 2.31. The van der Waals surface area contributed by atoms with Crippen LogP contribution in [0.15, 0.2) is 34.4 Å². The molecule has 206 valence electrons. The number of likely N-dealkylation sites (N-methyl/N-ethyl adjacent to an activating group) is 1. The zero-order chi connectivity index (χ0) is 26.6. The lowest BCUT2D eigenvalue weighted by Crippen LogP contribution is -2.48. The van der Waals surface area contributed by atoms with Crippen molar-refractivity contribution in [1.82, 2.24) is 24.3 Å². The smallest absolute Gasteiger partial charge is 0.268 e. The Morgan fingerprint density at radius 3 is 2.51 bits per heavy atom. The summed E-state index contributed by atoms with van der Waals surface area (Å²) in [5.74, 6) is 0.455. The molecule has 1 amide bonds. The minimum absolute atomic E-state index is 0.133. The summed E-state index contributed by atoms with van der Waals surface area (Å²) in [6, 6.07) is 4.58. The molecule has 2 N–H and O–H groups in total. The van der Waals surface area contributed by atoms with Crippen LogP contribution in [0.25, 0.3) is 0 Å². The number of aliphatic hydroxyl groups excluding tert-OH is 1. The molecule has 37 heavy (non-hydrogen) atoms. The lowest BCUT2D eigenvalue weighted by atomic mass is 9.97. The van der Waals surface area contributed by atoms with Gasteiger partial charge in [-0.15, -0.1) is 0 Å². The van der Waals surface area contributed by atoms with Crippen LogP contribution < -0.4 is 10.1 Å². The van der Waals surface area contributed by atoms with E-state index in [2.05, 4.69) is 22.0 Å². The fourth-order valence-corrected chi connectivity index (χ4v) is 6.99. The SMILES string of the molecule is CCCN1CC2=C(C(=O)NC2c2cc(S(=O)(=O)N3CCN(CCCCO)CC3)ccc2OCC)N(C)C1. The van der Waals surface area contributed by atoms with Crippen molar-refractivity contribution in [3.05, 3.63) is 35.0 Å². The zero-order valence-corrected chi connectivity index (χ0v) is 23.1. The molecule has 10 nitrogen and oxygen atoms in total. The molecule has 0 aliphatic carbocycles. The largest absolute Gasteiger partial charge is 0.494 e. The Balaban J connectivity index is 1.60. The topological polar surface area (TPSA) is 106 Å². The monoisotopic (exact) mass is 535 g/mol. The van der Waals surface area contributed by atoms with Crippen LogP contribution in [0.2, 0.25) is 0 Å². The molecule has 3 heterocycles. The van der Waals surface area contributed by atoms with Crippen LogP contribution in [0.4, 0.5) is 0 Å². The highest BCUT2D eigenvalue weighted by atomic mass is 32.2. The molecule has 0 bridgehead atoms. The first kappa shape index (κ1) is 27.8. The number of hydrogen-bond donors (Lipinski definition) is 2. The third-order valence-corrected chi connectivity index (χ3v) is 9.21. The lowest BCUT2D eigenvalue weighted by Gasteiger charge is -2.35. The van der Waals surface area contributed by atoms with Gasteiger partial charge in [0.2, 0.25) is 10.0 Å². The number of rotatable bonds is 11. The maximum Gasteiger partial charge on any atom is 0.268 e. The standard InChI is InChI=1S/C26H41N5O5S/c1-4-10-30-18-22-24(27-26(33)25(22)28(3)19-30)21-17-20(8-9-23(21)36-5-2)37(34,35)31-14-12-29(13-15-31)11-6-7-16-32/h8-9,17,24,32H,4-7,10-16,18-19H2,1-3H3,(H,27,33). The number of carbonyl (C=O) groups excluding carboxylic acids is 1. The number of benzene rings is 1. The molecule has 0 spiro atoms. The van der Waals surface area contributed by atoms with Gasteiger partial charge in [0.25, 0.3) is 5.91 Å². The predicted octanol–water partition coefficient (Wildman–Crippen LogP) is 1.20. The molecule has 1 saturated heterocycles. The summed E-state index contributed by atoms with van der Waals surface area (Å²) in [6.45, 7) is 9.96. The average Bonchev–Trinajstić information content (AvgIpc) is 3.21. The molecule has 1 unspecified atom stereocenters. The molecule has 1 aromatic rings. The van der Waals surface area contributed by atoms with E-state index in [0.717, 1.165) is 37.9 Å². The van der Waals surface area contributed by atoms with E-state index in [-0.39, 0.29) is 17.4 Å². The van der Waals surface area contributed by atoms with Gasteiger partial charge in [-0.2, -0.15) is 4.31 Å². The van der Waals surface area contributed by atoms with E-state index >= 15 is 0 Å². The molecular formula is C26H41N5O5S. The van der Waals surface area contributed by atoms with Gasteiger partial charge >= 0.3 is 0 Å². The molecule has 1 fully saturated rings. The van der Waals surface area contributed by atoms with Gasteiger partial charge in [0.15, 0.2) is 0 Å². The summed E-state index contributed by atoms with van der Waals surface area (Å²) >= 11 is 0. The quantitative estimate of drug-likeness (QED) is 0.408. The van der Waals surface area contributed by atoms with E-state index in [4.69, 9.17) is 9.84 Å². The van der Waals surface area contributed by atoms with E-state index in [9.17, 15) is 13.2 Å². The Morgan fingerprint density at radius 1 is 1.08 bits per heavy atom. The second-order valence-electron chi connectivity index (χ2n) is 9.98. The number of aliphatic hydroxyl groups is 1. The molecule has 1 aromatic carbocycles. The number of carbonyl (C=O) groups is 1. The number of sulfonamides is 1. The van der Waals surface area contributed by atoms with Gasteiger partial charge in [0.1, 0.15) is 11.4 Å². The number of nitrogens with one attached hydrogen (secondary N) is 1. The van der Waals surface area contributed by atoms with Gasteiger partial charge in [-0.05, 0) is 63.0 Å². The first-order chi connectivity index (χ1) is 17.8. The van der Waals surface area contributed by atoms with Crippen molar-refractivity contribution in [2.45, 2.75) is 44.0 Å². The van der Waals surface area contributed by atoms with E-state index in [0.29, 0.717) is 63.0 Å². The highest BCUT2D eigenvalue weighted by molar-refractivity contribution is 7.89. The average molecular weight is 536 g/mol. The number of unbranched alkanes of at least 4 members (excludes halogenated alkanes) is 1. The Labute approximate surface area is 220 Å². The van der Waals surface area contributed by atoms with Gasteiger partial charge in [-0.1, -0.05) is 6.92 Å². The predicted molar refractivity (Wildman–Crippen MR) is 142 cm³/mol. The van der Waals surface area contributed by atoms with Crippen molar-refractivity contribution < 1.29 is 23.1 Å². The van der Waals surface area contributed by atoms with Crippen LogP contribution in [0.5, 0.6) is 5.75 Å². The minimum atomic E-state index is -3.71. The zero-order valence-electron chi connectivity index (χ0n) is 22.3. The van der Waals surface area contributed by atoms with E-state index in [1.807, 2.05) is 18.9 Å². The van der Waals surface area contributed by atoms with E-state index in [1.54, 1.807) is 22.5 Å². The first-order valence-corrected chi connectivity index (χ1v) is 14.8. The van der Waals surface area contributed by atoms with Crippen molar-refractivity contribution >= 4 is 15.9 Å². The van der Waals surface area contributed by atoms with Crippen LogP contribution in [-0.4, -0.2) is 111 Å². The Hall–Kier alpha value is -2.18. The number of nitrogens with zero attached hydrogens (tertiary/aromatic N) is 4. The number of hydrogen-bond acceptors (Lipinski definition) is 8. The Bertz CT molecular complexity index is 1100. The van der Waals surface area contributed by atoms with Crippen molar-refractivity contribution in [2.24, 2.45) is 0 Å². The Morgan fingerprint density at radius 2 is 1.84 bits per heavy atom. The third-order valence-electron chi connectivity index (χ3n) is 7.31. The Kier molecular flexibility index (Phi) is 9.12. The van der Waals surface area contributed by atoms with Crippen LogP contribution in [0.1, 0.15) is 44.7 Å². The highest BCUT2D eigenvalue weighted by Crippen LogP contribution is 2.39.